The van der Waals surface area contributed by atoms with E-state index in [0.29, 0.717) is 11.5 Å². The number of hydrogen-bond donors (Lipinski definition) is 2. The van der Waals surface area contributed by atoms with Crippen molar-refractivity contribution >= 4 is 5.91 Å². The van der Waals surface area contributed by atoms with E-state index >= 15 is 0 Å². The monoisotopic (exact) mass is 285 g/mol. The van der Waals surface area contributed by atoms with Crippen molar-refractivity contribution < 1.29 is 9.32 Å². The van der Waals surface area contributed by atoms with E-state index in [2.05, 4.69) is 10.5 Å². The zero-order chi connectivity index (χ0) is 14.7. The number of aromatic nitrogens is 1. The first-order valence-electron chi connectivity index (χ1n) is 7.31. The van der Waals surface area contributed by atoms with Gasteiger partial charge in [-0.3, -0.25) is 4.79 Å². The molecule has 3 rings (SSSR count). The van der Waals surface area contributed by atoms with E-state index < -0.39 is 0 Å². The van der Waals surface area contributed by atoms with Gasteiger partial charge in [-0.2, -0.15) is 0 Å². The molecule has 1 heterocycles. The Labute approximate surface area is 123 Å². The van der Waals surface area contributed by atoms with Gasteiger partial charge in [0.05, 0.1) is 0 Å². The van der Waals surface area contributed by atoms with Gasteiger partial charge < -0.3 is 15.6 Å². The Kier molecular flexibility index (Phi) is 4.01. The molecule has 3 N–H and O–H groups in total. The molecule has 1 saturated carbocycles. The number of nitrogens with zero attached hydrogens (tertiary/aromatic N) is 1. The number of nitrogens with two attached hydrogens (primary N) is 1. The Bertz CT molecular complexity index is 601. The van der Waals surface area contributed by atoms with Crippen molar-refractivity contribution in [3.05, 3.63) is 42.1 Å². The minimum Gasteiger partial charge on any atom is -0.355 e. The first kappa shape index (κ1) is 13.8. The van der Waals surface area contributed by atoms with Crippen molar-refractivity contribution in [3.63, 3.8) is 0 Å². The molecule has 1 aromatic carbocycles. The second-order valence-electron chi connectivity index (χ2n) is 5.53. The van der Waals surface area contributed by atoms with Crippen molar-refractivity contribution in [1.29, 1.82) is 0 Å². The Morgan fingerprint density at radius 3 is 2.62 bits per heavy atom. The van der Waals surface area contributed by atoms with Crippen LogP contribution in [-0.4, -0.2) is 23.1 Å². The number of benzene rings is 1. The Balaban J connectivity index is 1.64. The molecule has 2 aromatic rings. The van der Waals surface area contributed by atoms with E-state index in [0.717, 1.165) is 31.2 Å². The summed E-state index contributed by atoms with van der Waals surface area (Å²) in [6, 6.07) is 11.8. The Morgan fingerprint density at radius 2 is 1.90 bits per heavy atom. The van der Waals surface area contributed by atoms with Crippen LogP contribution in [0.5, 0.6) is 0 Å². The maximum atomic E-state index is 12.2. The molecule has 5 heteroatoms. The molecule has 0 unspecified atom stereocenters. The molecule has 0 aliphatic heterocycles. The van der Waals surface area contributed by atoms with Crippen molar-refractivity contribution in [1.82, 2.24) is 10.5 Å². The van der Waals surface area contributed by atoms with Gasteiger partial charge in [-0.25, -0.2) is 0 Å². The quantitative estimate of drug-likeness (QED) is 0.907. The predicted octanol–water partition coefficient (Wildman–Crippen LogP) is 2.34. The molecule has 5 nitrogen and oxygen atoms in total. The van der Waals surface area contributed by atoms with Gasteiger partial charge in [0.1, 0.15) is 0 Å². The van der Waals surface area contributed by atoms with Gasteiger partial charge in [-0.1, -0.05) is 35.5 Å². The van der Waals surface area contributed by atoms with Gasteiger partial charge in [0, 0.05) is 23.7 Å². The highest BCUT2D eigenvalue weighted by Crippen LogP contribution is 2.21. The van der Waals surface area contributed by atoms with Gasteiger partial charge in [-0.15, -0.1) is 0 Å². The first-order chi connectivity index (χ1) is 10.2. The zero-order valence-electron chi connectivity index (χ0n) is 11.8. The molecule has 21 heavy (non-hydrogen) atoms. The molecule has 1 fully saturated rings. The van der Waals surface area contributed by atoms with Gasteiger partial charge in [0.2, 0.25) is 0 Å². The fraction of sp³-hybridized carbons (Fsp3) is 0.375. The second-order valence-corrected chi connectivity index (χ2v) is 5.53. The van der Waals surface area contributed by atoms with Gasteiger partial charge >= 0.3 is 0 Å². The van der Waals surface area contributed by atoms with Crippen molar-refractivity contribution in [2.45, 2.75) is 37.8 Å². The molecule has 110 valence electrons. The summed E-state index contributed by atoms with van der Waals surface area (Å²) < 4.78 is 5.25. The molecule has 1 aliphatic carbocycles. The van der Waals surface area contributed by atoms with Crippen LogP contribution in [0.15, 0.2) is 40.9 Å². The number of nitrogens with one attached hydrogen (secondary N) is 1. The number of carbonyl (C=O) groups excluding carboxylic acids is 1. The molecule has 0 atom stereocenters. The third kappa shape index (κ3) is 3.31. The average Bonchev–Trinajstić information content (AvgIpc) is 3.00. The Hall–Kier alpha value is -2.14. The van der Waals surface area contributed by atoms with Crippen molar-refractivity contribution in [2.24, 2.45) is 5.73 Å². The van der Waals surface area contributed by atoms with Crippen LogP contribution >= 0.6 is 0 Å². The lowest BCUT2D eigenvalue weighted by Crippen LogP contribution is -2.40. The van der Waals surface area contributed by atoms with Crippen LogP contribution in [0, 0.1) is 0 Å². The maximum Gasteiger partial charge on any atom is 0.273 e. The van der Waals surface area contributed by atoms with E-state index in [1.54, 1.807) is 6.07 Å². The topological polar surface area (TPSA) is 81.1 Å². The fourth-order valence-corrected chi connectivity index (χ4v) is 2.64. The third-order valence-corrected chi connectivity index (χ3v) is 3.91. The normalized spacial score (nSPS) is 22.0. The van der Waals surface area contributed by atoms with Crippen LogP contribution in [0.3, 0.4) is 0 Å². The largest absolute Gasteiger partial charge is 0.355 e. The lowest BCUT2D eigenvalue weighted by molar-refractivity contribution is 0.0917. The summed E-state index contributed by atoms with van der Waals surface area (Å²) in [5.74, 6) is 0.424. The predicted molar refractivity (Wildman–Crippen MR) is 79.6 cm³/mol. The summed E-state index contributed by atoms with van der Waals surface area (Å²) in [5.41, 5.74) is 7.10. The van der Waals surface area contributed by atoms with E-state index in [1.165, 1.54) is 0 Å². The Morgan fingerprint density at radius 1 is 1.19 bits per heavy atom. The zero-order valence-corrected chi connectivity index (χ0v) is 11.8. The summed E-state index contributed by atoms with van der Waals surface area (Å²) in [4.78, 5) is 12.2. The van der Waals surface area contributed by atoms with E-state index in [-0.39, 0.29) is 18.0 Å². The number of amides is 1. The standard InChI is InChI=1S/C16H19N3O2/c17-12-6-8-13(9-7-12)18-16(20)14-10-15(21-19-14)11-4-2-1-3-5-11/h1-5,10,12-13H,6-9,17H2,(H,18,20). The lowest BCUT2D eigenvalue weighted by Gasteiger charge is -2.26. The lowest BCUT2D eigenvalue weighted by atomic mass is 9.92. The van der Waals surface area contributed by atoms with E-state index in [9.17, 15) is 4.79 Å². The molecule has 0 bridgehead atoms. The second kappa shape index (κ2) is 6.10. The highest BCUT2D eigenvalue weighted by atomic mass is 16.5. The summed E-state index contributed by atoms with van der Waals surface area (Å²) in [6.07, 6.45) is 3.77. The summed E-state index contributed by atoms with van der Waals surface area (Å²) >= 11 is 0. The molecule has 0 saturated heterocycles. The van der Waals surface area contributed by atoms with E-state index in [4.69, 9.17) is 10.3 Å². The highest BCUT2D eigenvalue weighted by Gasteiger charge is 2.22. The first-order valence-corrected chi connectivity index (χ1v) is 7.31. The molecule has 1 aromatic heterocycles. The van der Waals surface area contributed by atoms with Crippen LogP contribution in [0.2, 0.25) is 0 Å². The number of hydrogen-bond acceptors (Lipinski definition) is 4. The number of rotatable bonds is 3. The maximum absolute atomic E-state index is 12.2. The molecule has 1 amide bonds. The third-order valence-electron chi connectivity index (χ3n) is 3.91. The average molecular weight is 285 g/mol. The summed E-state index contributed by atoms with van der Waals surface area (Å²) in [5, 5.41) is 6.86. The SMILES string of the molecule is NC1CCC(NC(=O)c2cc(-c3ccccc3)on2)CC1. The minimum atomic E-state index is -0.179. The van der Waals surface area contributed by atoms with E-state index in [1.807, 2.05) is 30.3 Å². The van der Waals surface area contributed by atoms with Gasteiger partial charge in [-0.05, 0) is 25.7 Å². The molecule has 0 spiro atoms. The van der Waals surface area contributed by atoms with Crippen LogP contribution in [0.4, 0.5) is 0 Å². The highest BCUT2D eigenvalue weighted by molar-refractivity contribution is 5.93. The smallest absolute Gasteiger partial charge is 0.273 e. The minimum absolute atomic E-state index is 0.179. The number of carbonyl (C=O) groups is 1. The van der Waals surface area contributed by atoms with Gasteiger partial charge in [0.15, 0.2) is 11.5 Å². The van der Waals surface area contributed by atoms with Crippen molar-refractivity contribution in [2.75, 3.05) is 0 Å². The van der Waals surface area contributed by atoms with Crippen LogP contribution in [-0.2, 0) is 0 Å². The van der Waals surface area contributed by atoms with Crippen LogP contribution < -0.4 is 11.1 Å². The molecular formula is C16H19N3O2. The summed E-state index contributed by atoms with van der Waals surface area (Å²) in [7, 11) is 0. The van der Waals surface area contributed by atoms with Gasteiger partial charge in [0.25, 0.3) is 5.91 Å². The van der Waals surface area contributed by atoms with Crippen LogP contribution in [0.1, 0.15) is 36.2 Å². The fourth-order valence-electron chi connectivity index (χ4n) is 2.64. The van der Waals surface area contributed by atoms with Crippen molar-refractivity contribution in [3.8, 4) is 11.3 Å². The molecular weight excluding hydrogens is 266 g/mol. The molecule has 1 aliphatic rings. The molecule has 0 radical (unpaired) electrons. The van der Waals surface area contributed by atoms with Crippen LogP contribution in [0.25, 0.3) is 11.3 Å². The summed E-state index contributed by atoms with van der Waals surface area (Å²) in [6.45, 7) is 0.